The van der Waals surface area contributed by atoms with Crippen LogP contribution in [0, 0.1) is 19.8 Å². The molecule has 1 saturated carbocycles. The van der Waals surface area contributed by atoms with Gasteiger partial charge in [-0.2, -0.15) is 0 Å². The van der Waals surface area contributed by atoms with Crippen molar-refractivity contribution in [2.24, 2.45) is 5.92 Å². The lowest BCUT2D eigenvalue weighted by Gasteiger charge is -2.66. The fourth-order valence-corrected chi connectivity index (χ4v) is 17.7. The van der Waals surface area contributed by atoms with E-state index < -0.39 is 5.54 Å². The summed E-state index contributed by atoms with van der Waals surface area (Å²) in [5, 5.41) is 0. The highest BCUT2D eigenvalue weighted by atomic mass is 32.2. The third-order valence-corrected chi connectivity index (χ3v) is 20.6. The van der Waals surface area contributed by atoms with Crippen molar-refractivity contribution in [3.8, 4) is 11.1 Å². The zero-order valence-corrected chi connectivity index (χ0v) is 42.1. The molecule has 5 aromatic carbocycles. The first-order chi connectivity index (χ1) is 31.7. The molecule has 4 heteroatoms. The Bertz CT molecular complexity index is 3080. The molecule has 0 amide bonds. The minimum absolute atomic E-state index is 0.0382. The van der Waals surface area contributed by atoms with Gasteiger partial charge in [-0.3, -0.25) is 0 Å². The van der Waals surface area contributed by atoms with Crippen LogP contribution in [0.2, 0.25) is 0 Å². The second-order valence-corrected chi connectivity index (χ2v) is 24.3. The van der Waals surface area contributed by atoms with Crippen LogP contribution in [-0.4, -0.2) is 22.7 Å². The summed E-state index contributed by atoms with van der Waals surface area (Å²) in [5.74, 6) is 0.310. The Kier molecular flexibility index (Phi) is 8.64. The van der Waals surface area contributed by atoms with Gasteiger partial charge in [-0.15, -0.1) is 11.8 Å². The molecule has 0 bridgehead atoms. The second kappa shape index (κ2) is 13.7. The van der Waals surface area contributed by atoms with Gasteiger partial charge in [-0.1, -0.05) is 126 Å². The van der Waals surface area contributed by atoms with Gasteiger partial charge in [0.2, 0.25) is 0 Å². The number of hydrogen-bond acceptors (Lipinski definition) is 3. The van der Waals surface area contributed by atoms with E-state index in [9.17, 15) is 0 Å². The highest BCUT2D eigenvalue weighted by Crippen LogP contribution is 2.73. The first-order valence-electron chi connectivity index (χ1n) is 25.9. The molecule has 0 saturated heterocycles. The van der Waals surface area contributed by atoms with Crippen LogP contribution in [0.5, 0.6) is 0 Å². The van der Waals surface area contributed by atoms with Crippen molar-refractivity contribution in [3.63, 3.8) is 0 Å². The normalized spacial score (nSPS) is 29.9. The summed E-state index contributed by atoms with van der Waals surface area (Å²) in [6.45, 7) is 25.2. The number of benzene rings is 5. The summed E-state index contributed by atoms with van der Waals surface area (Å²) >= 11 is 2.14. The summed E-state index contributed by atoms with van der Waals surface area (Å²) in [6.07, 6.45) is 17.4. The highest BCUT2D eigenvalue weighted by molar-refractivity contribution is 8.02. The Hall–Kier alpha value is -4.67. The molecule has 3 aliphatic carbocycles. The molecule has 1 fully saturated rings. The average molecular weight is 883 g/mol. The fourth-order valence-electron chi connectivity index (χ4n) is 16.1. The van der Waals surface area contributed by atoms with Crippen molar-refractivity contribution in [1.82, 2.24) is 0 Å². The molecule has 334 valence electrons. The molecule has 0 spiro atoms. The topological polar surface area (TPSA) is 6.48 Å². The van der Waals surface area contributed by atoms with E-state index in [0.29, 0.717) is 5.92 Å². The molecule has 5 aliphatic heterocycles. The molecule has 5 heterocycles. The Morgan fingerprint density at radius 2 is 1.45 bits per heavy atom. The first-order valence-corrected chi connectivity index (χ1v) is 26.7. The molecule has 13 rings (SSSR count). The summed E-state index contributed by atoms with van der Waals surface area (Å²) in [5.41, 5.74) is 27.7. The van der Waals surface area contributed by atoms with E-state index >= 15 is 0 Å². The number of aryl methyl sites for hydroxylation is 4. The van der Waals surface area contributed by atoms with E-state index in [0.717, 1.165) is 12.8 Å². The lowest BCUT2D eigenvalue weighted by Crippen LogP contribution is -2.76. The molecular weight excluding hydrogens is 816 g/mol. The molecule has 2 nitrogen and oxygen atoms in total. The molecule has 0 radical (unpaired) electrons. The van der Waals surface area contributed by atoms with E-state index in [1.165, 1.54) is 129 Å². The molecule has 0 N–H and O–H groups in total. The third kappa shape index (κ3) is 4.84. The Morgan fingerprint density at radius 1 is 0.727 bits per heavy atom. The number of fused-ring (bicyclic) bond motifs is 14. The van der Waals surface area contributed by atoms with Crippen molar-refractivity contribution in [2.45, 2.75) is 165 Å². The summed E-state index contributed by atoms with van der Waals surface area (Å²) < 4.78 is -0.231. The summed E-state index contributed by atoms with van der Waals surface area (Å²) in [4.78, 5) is 7.48. The maximum absolute atomic E-state index is 3.07. The minimum Gasteiger partial charge on any atom is -0.394 e. The van der Waals surface area contributed by atoms with E-state index in [1.54, 1.807) is 33.3 Å². The average Bonchev–Trinajstić information content (AvgIpc) is 3.72. The first kappa shape index (κ1) is 41.5. The van der Waals surface area contributed by atoms with Crippen molar-refractivity contribution in [3.05, 3.63) is 153 Å². The van der Waals surface area contributed by atoms with Crippen molar-refractivity contribution in [1.29, 1.82) is 0 Å². The molecular formula is C62H67BN2S. The van der Waals surface area contributed by atoms with Gasteiger partial charge in [0.15, 0.2) is 0 Å². The van der Waals surface area contributed by atoms with Gasteiger partial charge in [0, 0.05) is 32.8 Å². The van der Waals surface area contributed by atoms with Gasteiger partial charge in [0.25, 0.3) is 0 Å². The highest BCUT2D eigenvalue weighted by Gasteiger charge is 2.69. The number of thioether (sulfide) groups is 1. The van der Waals surface area contributed by atoms with Crippen LogP contribution >= 0.6 is 11.8 Å². The molecule has 6 unspecified atom stereocenters. The van der Waals surface area contributed by atoms with Gasteiger partial charge < -0.3 is 9.71 Å². The van der Waals surface area contributed by atoms with Crippen LogP contribution in [0.4, 0.5) is 17.1 Å². The van der Waals surface area contributed by atoms with E-state index in [-0.39, 0.29) is 28.0 Å². The van der Waals surface area contributed by atoms with Crippen molar-refractivity contribution < 1.29 is 0 Å². The summed E-state index contributed by atoms with van der Waals surface area (Å²) in [7, 11) is 0. The lowest BCUT2D eigenvalue weighted by atomic mass is 9.37. The maximum atomic E-state index is 3.07. The standard InChI is InChI=1S/C62H67BN2S/c1-11-13-22-40-26-27-48-45(32-40)58(6)31-28-39(5)52-57(58)61(9)53(54-43-24-15-16-25-50(43)66-62(52,54)10)44-35-42(51-37(3)20-19-21-38(51)4)36-49-55(44)63(65(48)61)47-34-41(23-14-12-2)33-46-56(47)64(49)60(8)30-18-17-29-59(46,60)7/h15-16,19-21,24-28,31-36,39H,11-14,17-18,22-23,29-30H2,1-10H3. The van der Waals surface area contributed by atoms with Crippen LogP contribution < -0.4 is 20.6 Å². The molecule has 6 atom stereocenters. The predicted molar refractivity (Wildman–Crippen MR) is 284 cm³/mol. The van der Waals surface area contributed by atoms with E-state index in [1.807, 2.05) is 0 Å². The second-order valence-electron chi connectivity index (χ2n) is 22.9. The Labute approximate surface area is 400 Å². The number of rotatable bonds is 7. The summed E-state index contributed by atoms with van der Waals surface area (Å²) in [6, 6.07) is 35.1. The van der Waals surface area contributed by atoms with Crippen LogP contribution in [0.1, 0.15) is 151 Å². The Morgan fingerprint density at radius 3 is 2.23 bits per heavy atom. The molecule has 8 aliphatic rings. The number of allylic oxidation sites excluding steroid dienone is 2. The number of anilines is 3. The monoisotopic (exact) mass is 883 g/mol. The zero-order chi connectivity index (χ0) is 45.4. The smallest absolute Gasteiger partial charge is 0.329 e. The molecule has 5 aromatic rings. The van der Waals surface area contributed by atoms with Gasteiger partial charge in [0.05, 0.1) is 15.8 Å². The van der Waals surface area contributed by atoms with Gasteiger partial charge in [0.1, 0.15) is 0 Å². The van der Waals surface area contributed by atoms with E-state index in [4.69, 9.17) is 0 Å². The third-order valence-electron chi connectivity index (χ3n) is 19.2. The zero-order valence-electron chi connectivity index (χ0n) is 41.3. The Balaban J connectivity index is 1.25. The number of unbranched alkanes of at least 4 members (excludes halogenated alkanes) is 2. The van der Waals surface area contributed by atoms with Crippen molar-refractivity contribution >= 4 is 57.7 Å². The fraction of sp³-hybridized carbons (Fsp3) is 0.419. The van der Waals surface area contributed by atoms with Gasteiger partial charge in [-0.25, -0.2) is 0 Å². The molecule has 0 aromatic heterocycles. The van der Waals surface area contributed by atoms with Gasteiger partial charge >= 0.3 is 6.85 Å². The van der Waals surface area contributed by atoms with Crippen LogP contribution in [0.15, 0.2) is 113 Å². The maximum Gasteiger partial charge on any atom is 0.329 e. The van der Waals surface area contributed by atoms with E-state index in [2.05, 4.69) is 188 Å². The van der Waals surface area contributed by atoms with Gasteiger partial charge in [-0.05, 0) is 199 Å². The van der Waals surface area contributed by atoms with Crippen molar-refractivity contribution in [2.75, 3.05) is 9.71 Å². The van der Waals surface area contributed by atoms with Crippen LogP contribution in [0.25, 0.3) is 22.3 Å². The quantitative estimate of drug-likeness (QED) is 0.119. The molecule has 66 heavy (non-hydrogen) atoms. The SMILES string of the molecule is CCCCc1ccc2c(c1)C1(C)C=CC(C)C3=C1C1(C)C(=C4c5ccccc5SC43C)c3cc(-c4c(C)cccc4C)cc4c3B(c3cc(CCCC)cc5c3N4C3(C)CCCCC53C)N21. The minimum atomic E-state index is -0.435. The number of hydrogen-bond donors (Lipinski definition) is 0. The van der Waals surface area contributed by atoms with Crippen LogP contribution in [-0.2, 0) is 23.7 Å². The largest absolute Gasteiger partial charge is 0.394 e. The number of nitrogens with zero attached hydrogens (tertiary/aromatic N) is 2. The van der Waals surface area contributed by atoms with Crippen LogP contribution in [0.3, 0.4) is 0 Å². The lowest BCUT2D eigenvalue weighted by molar-refractivity contribution is 0.195. The predicted octanol–water partition coefficient (Wildman–Crippen LogP) is 14.7.